The van der Waals surface area contributed by atoms with Crippen LogP contribution in [0.5, 0.6) is 5.75 Å². The predicted molar refractivity (Wildman–Crippen MR) is 79.1 cm³/mol. The molecule has 5 nitrogen and oxygen atoms in total. The molecule has 2 rings (SSSR count). The fraction of sp³-hybridized carbons (Fsp3) is 0.250. The summed E-state index contributed by atoms with van der Waals surface area (Å²) in [5, 5.41) is 8.97. The molecule has 1 N–H and O–H groups in total. The van der Waals surface area contributed by atoms with E-state index in [1.807, 2.05) is 31.2 Å². The van der Waals surface area contributed by atoms with E-state index in [1.54, 1.807) is 13.0 Å². The highest BCUT2D eigenvalue weighted by atomic mass is 16.5. The van der Waals surface area contributed by atoms with Crippen molar-refractivity contribution in [3.8, 4) is 5.75 Å². The first-order chi connectivity index (χ1) is 9.99. The number of rotatable bonds is 5. The molecule has 0 aliphatic carbocycles. The third-order valence-electron chi connectivity index (χ3n) is 3.23. The third-order valence-corrected chi connectivity index (χ3v) is 3.23. The Bertz CT molecular complexity index is 701. The summed E-state index contributed by atoms with van der Waals surface area (Å²) >= 11 is 0. The topological polar surface area (TPSA) is 68.5 Å². The summed E-state index contributed by atoms with van der Waals surface area (Å²) in [6.07, 6.45) is 0. The quantitative estimate of drug-likeness (QED) is 0.915. The Morgan fingerprint density at radius 3 is 2.43 bits per heavy atom. The minimum absolute atomic E-state index is 0.226. The van der Waals surface area contributed by atoms with Gasteiger partial charge in [-0.15, -0.1) is 0 Å². The Morgan fingerprint density at radius 2 is 1.81 bits per heavy atom. The summed E-state index contributed by atoms with van der Waals surface area (Å²) in [5.41, 5.74) is 1.12. The summed E-state index contributed by atoms with van der Waals surface area (Å²) < 4.78 is 6.98. The number of ether oxygens (including phenoxy) is 1. The van der Waals surface area contributed by atoms with Crippen LogP contribution in [0.15, 0.2) is 41.2 Å². The number of hydrogen-bond acceptors (Lipinski definition) is 3. The van der Waals surface area contributed by atoms with Crippen molar-refractivity contribution in [3.63, 3.8) is 0 Å². The molecule has 0 aliphatic heterocycles. The van der Waals surface area contributed by atoms with Crippen LogP contribution >= 0.6 is 0 Å². The van der Waals surface area contributed by atoms with E-state index in [9.17, 15) is 9.59 Å². The van der Waals surface area contributed by atoms with Crippen LogP contribution in [-0.2, 0) is 6.54 Å². The van der Waals surface area contributed by atoms with Crippen molar-refractivity contribution in [2.75, 3.05) is 6.61 Å². The van der Waals surface area contributed by atoms with Crippen molar-refractivity contribution >= 4 is 5.97 Å². The van der Waals surface area contributed by atoms with E-state index < -0.39 is 11.5 Å². The fourth-order valence-electron chi connectivity index (χ4n) is 2.00. The number of carbonyl (C=O) groups is 1. The molecule has 5 heteroatoms. The Morgan fingerprint density at radius 1 is 1.14 bits per heavy atom. The number of pyridine rings is 1. The van der Waals surface area contributed by atoms with E-state index in [4.69, 9.17) is 9.84 Å². The lowest BCUT2D eigenvalue weighted by atomic mass is 10.2. The van der Waals surface area contributed by atoms with Crippen LogP contribution < -0.4 is 10.3 Å². The molecule has 0 bridgehead atoms. The van der Waals surface area contributed by atoms with Gasteiger partial charge < -0.3 is 14.4 Å². The standard InChI is InChI=1S/C16H17NO4/c1-11-3-6-13(7-4-11)21-10-9-17-12(2)5-8-14(15(17)18)16(19)20/h3-8H,9-10H2,1-2H3,(H,19,20). The molecule has 110 valence electrons. The molecule has 0 fully saturated rings. The van der Waals surface area contributed by atoms with Crippen LogP contribution in [0.25, 0.3) is 0 Å². The van der Waals surface area contributed by atoms with Crippen molar-refractivity contribution in [1.82, 2.24) is 4.57 Å². The summed E-state index contributed by atoms with van der Waals surface area (Å²) in [7, 11) is 0. The largest absolute Gasteiger partial charge is 0.492 e. The van der Waals surface area contributed by atoms with Crippen LogP contribution in [-0.4, -0.2) is 22.2 Å². The second kappa shape index (κ2) is 6.26. The lowest BCUT2D eigenvalue weighted by Crippen LogP contribution is -2.29. The first-order valence-electron chi connectivity index (χ1n) is 6.62. The molecule has 0 radical (unpaired) electrons. The number of benzene rings is 1. The van der Waals surface area contributed by atoms with Gasteiger partial charge in [0.25, 0.3) is 5.56 Å². The number of aromatic carboxylic acids is 1. The molecule has 1 heterocycles. The zero-order valence-electron chi connectivity index (χ0n) is 12.0. The van der Waals surface area contributed by atoms with Gasteiger partial charge in [-0.3, -0.25) is 4.79 Å². The molecule has 0 saturated carbocycles. The monoisotopic (exact) mass is 287 g/mol. The molecule has 0 aliphatic rings. The summed E-state index contributed by atoms with van der Waals surface area (Å²) in [5.74, 6) is -0.492. The highest BCUT2D eigenvalue weighted by molar-refractivity contribution is 5.87. The average Bonchev–Trinajstić information content (AvgIpc) is 2.44. The minimum Gasteiger partial charge on any atom is -0.492 e. The zero-order chi connectivity index (χ0) is 15.4. The first kappa shape index (κ1) is 14.8. The average molecular weight is 287 g/mol. The normalized spacial score (nSPS) is 10.4. The van der Waals surface area contributed by atoms with Gasteiger partial charge in [-0.2, -0.15) is 0 Å². The second-order valence-corrected chi connectivity index (χ2v) is 4.81. The van der Waals surface area contributed by atoms with E-state index in [0.29, 0.717) is 18.8 Å². The number of aryl methyl sites for hydroxylation is 2. The number of hydrogen-bond donors (Lipinski definition) is 1. The van der Waals surface area contributed by atoms with Gasteiger partial charge in [0.05, 0.1) is 6.54 Å². The lowest BCUT2D eigenvalue weighted by molar-refractivity contribution is 0.0694. The Kier molecular flexibility index (Phi) is 4.42. The number of nitrogens with zero attached hydrogens (tertiary/aromatic N) is 1. The fourth-order valence-corrected chi connectivity index (χ4v) is 2.00. The van der Waals surface area contributed by atoms with Gasteiger partial charge in [0.15, 0.2) is 0 Å². The van der Waals surface area contributed by atoms with Gasteiger partial charge >= 0.3 is 5.97 Å². The van der Waals surface area contributed by atoms with Gasteiger partial charge in [-0.05, 0) is 38.1 Å². The Labute approximate surface area is 122 Å². The summed E-state index contributed by atoms with van der Waals surface area (Å²) in [6.45, 7) is 4.36. The molecule has 0 amide bonds. The number of aromatic nitrogens is 1. The highest BCUT2D eigenvalue weighted by Gasteiger charge is 2.12. The molecule has 1 aromatic heterocycles. The molecule has 0 unspecified atom stereocenters. The van der Waals surface area contributed by atoms with Crippen LogP contribution in [0.3, 0.4) is 0 Å². The zero-order valence-corrected chi connectivity index (χ0v) is 12.0. The number of carboxylic acids is 1. The van der Waals surface area contributed by atoms with Crippen LogP contribution in [0, 0.1) is 13.8 Å². The summed E-state index contributed by atoms with van der Waals surface area (Å²) in [4.78, 5) is 23.0. The van der Waals surface area contributed by atoms with Crippen LogP contribution in [0.1, 0.15) is 21.6 Å². The number of carboxylic acid groups (broad SMARTS) is 1. The maximum Gasteiger partial charge on any atom is 0.341 e. The smallest absolute Gasteiger partial charge is 0.341 e. The molecule has 2 aromatic rings. The molecular formula is C16H17NO4. The Hall–Kier alpha value is -2.56. The van der Waals surface area contributed by atoms with Gasteiger partial charge in [0.2, 0.25) is 0 Å². The van der Waals surface area contributed by atoms with Crippen molar-refractivity contribution in [1.29, 1.82) is 0 Å². The SMILES string of the molecule is Cc1ccc(OCCn2c(C)ccc(C(=O)O)c2=O)cc1. The first-order valence-corrected chi connectivity index (χ1v) is 6.62. The van der Waals surface area contributed by atoms with Gasteiger partial charge in [0, 0.05) is 5.69 Å². The lowest BCUT2D eigenvalue weighted by Gasteiger charge is -2.12. The summed E-state index contributed by atoms with van der Waals surface area (Å²) in [6, 6.07) is 10.6. The molecule has 21 heavy (non-hydrogen) atoms. The van der Waals surface area contributed by atoms with E-state index in [1.165, 1.54) is 10.6 Å². The van der Waals surface area contributed by atoms with E-state index in [-0.39, 0.29) is 5.56 Å². The highest BCUT2D eigenvalue weighted by Crippen LogP contribution is 2.11. The molecule has 0 atom stereocenters. The maximum absolute atomic E-state index is 12.0. The predicted octanol–water partition coefficient (Wildman–Crippen LogP) is 2.24. The third kappa shape index (κ3) is 3.51. The molecule has 0 saturated heterocycles. The van der Waals surface area contributed by atoms with E-state index in [0.717, 1.165) is 11.3 Å². The minimum atomic E-state index is -1.21. The molecule has 1 aromatic carbocycles. The van der Waals surface area contributed by atoms with Crippen molar-refractivity contribution in [2.45, 2.75) is 20.4 Å². The van der Waals surface area contributed by atoms with Gasteiger partial charge in [-0.25, -0.2) is 4.79 Å². The van der Waals surface area contributed by atoms with Crippen molar-refractivity contribution in [3.05, 3.63) is 63.6 Å². The van der Waals surface area contributed by atoms with E-state index >= 15 is 0 Å². The van der Waals surface area contributed by atoms with Gasteiger partial charge in [0.1, 0.15) is 17.9 Å². The molecular weight excluding hydrogens is 270 g/mol. The Balaban J connectivity index is 2.09. The molecule has 0 spiro atoms. The van der Waals surface area contributed by atoms with Gasteiger partial charge in [-0.1, -0.05) is 17.7 Å². The second-order valence-electron chi connectivity index (χ2n) is 4.81. The maximum atomic E-state index is 12.0. The van der Waals surface area contributed by atoms with E-state index in [2.05, 4.69) is 0 Å². The van der Waals surface area contributed by atoms with Crippen LogP contribution in [0.2, 0.25) is 0 Å². The van der Waals surface area contributed by atoms with Crippen LogP contribution in [0.4, 0.5) is 0 Å². The van der Waals surface area contributed by atoms with Crippen molar-refractivity contribution < 1.29 is 14.6 Å². The van der Waals surface area contributed by atoms with Crippen molar-refractivity contribution in [2.24, 2.45) is 0 Å².